The van der Waals surface area contributed by atoms with Crippen molar-refractivity contribution in [2.75, 3.05) is 0 Å². The Morgan fingerprint density at radius 1 is 1.83 bits per heavy atom. The van der Waals surface area contributed by atoms with Crippen LogP contribution in [0.2, 0.25) is 0 Å². The molecular weight excluding hydrogens is 91.0 g/mol. The van der Waals surface area contributed by atoms with Gasteiger partial charge in [-0.05, 0) is 0 Å². The summed E-state index contributed by atoms with van der Waals surface area (Å²) in [7, 11) is 0. The summed E-state index contributed by atoms with van der Waals surface area (Å²) in [6.07, 6.45) is 0.728. The van der Waals surface area contributed by atoms with Crippen LogP contribution < -0.4 is 0 Å². The molecule has 0 saturated carbocycles. The molecule has 0 aromatic carbocycles. The number of rotatable bonds is 1. The summed E-state index contributed by atoms with van der Waals surface area (Å²) < 4.78 is 0.394. The van der Waals surface area contributed by atoms with Crippen molar-refractivity contribution in [1.29, 1.82) is 0 Å². The zero-order valence-corrected chi connectivity index (χ0v) is 6.12. The van der Waals surface area contributed by atoms with Gasteiger partial charge in [0.05, 0.1) is 0 Å². The summed E-state index contributed by atoms with van der Waals surface area (Å²) in [6, 6.07) is 0. The van der Waals surface area contributed by atoms with Crippen molar-refractivity contribution in [1.82, 2.24) is 0 Å². The van der Waals surface area contributed by atoms with Crippen LogP contribution in [0.1, 0.15) is 13.3 Å². The van der Waals surface area contributed by atoms with Gasteiger partial charge in [0.15, 0.2) is 0 Å². The van der Waals surface area contributed by atoms with Crippen LogP contribution in [0.15, 0.2) is 0 Å². The summed E-state index contributed by atoms with van der Waals surface area (Å²) in [4.78, 5) is 9.87. The second-order valence-electron chi connectivity index (χ2n) is 1.06. The molecule has 0 radical (unpaired) electrons. The quantitative estimate of drug-likeness (QED) is 0.399. The van der Waals surface area contributed by atoms with Gasteiger partial charge < -0.3 is 5.48 Å². The Hall–Kier alpha value is 0.630. The first-order valence-corrected chi connectivity index (χ1v) is 2.76. The van der Waals surface area contributed by atoms with Gasteiger partial charge in [-0.15, -0.1) is 0 Å². The van der Waals surface area contributed by atoms with Gasteiger partial charge in [0.25, 0.3) is 0 Å². The third-order valence-electron chi connectivity index (χ3n) is 0.498. The van der Waals surface area contributed by atoms with Crippen molar-refractivity contribution in [3.05, 3.63) is 0 Å². The van der Waals surface area contributed by atoms with Crippen LogP contribution in [0, 0.1) is 0 Å². The van der Waals surface area contributed by atoms with E-state index in [1.807, 2.05) is 6.92 Å². The van der Waals surface area contributed by atoms with Gasteiger partial charge in [-0.3, -0.25) is 0 Å². The fraction of sp³-hybridized carbons (Fsp3) is 0.667. The standard InChI is InChI=1S/C3H5O.Na.H2O/c1-2-3-4;;/h2H2,1H3;;1H2. The Morgan fingerprint density at radius 2 is 2.00 bits per heavy atom. The van der Waals surface area contributed by atoms with Crippen LogP contribution in [0.5, 0.6) is 0 Å². The first kappa shape index (κ1) is 9.80. The summed E-state index contributed by atoms with van der Waals surface area (Å²) in [5.41, 5.74) is 0. The van der Waals surface area contributed by atoms with Crippen LogP contribution >= 0.6 is 0 Å². The van der Waals surface area contributed by atoms with E-state index in [0.717, 1.165) is 34.4 Å². The van der Waals surface area contributed by atoms with Crippen molar-refractivity contribution in [2.45, 2.75) is 13.3 Å². The van der Waals surface area contributed by atoms with E-state index in [9.17, 15) is 4.79 Å². The fourth-order valence-electron chi connectivity index (χ4n) is 0. The molecule has 3 heteroatoms. The average molecular weight is 98.1 g/mol. The average Bonchev–Trinajstić information content (AvgIpc) is 1.38. The Labute approximate surface area is 54.6 Å². The predicted molar refractivity (Wildman–Crippen MR) is 24.7 cm³/mol. The van der Waals surface area contributed by atoms with Gasteiger partial charge in [-0.1, -0.05) is 0 Å². The van der Waals surface area contributed by atoms with Crippen LogP contribution in [-0.4, -0.2) is 36.4 Å². The molecule has 32 valence electrons. The summed E-state index contributed by atoms with van der Waals surface area (Å²) >= 11 is 0.731. The van der Waals surface area contributed by atoms with Crippen molar-refractivity contribution in [3.8, 4) is 0 Å². The topological polar surface area (TPSA) is 48.6 Å². The van der Waals surface area contributed by atoms with E-state index >= 15 is 0 Å². The first-order chi connectivity index (χ1) is 2.27. The van der Waals surface area contributed by atoms with Gasteiger partial charge in [-0.2, -0.15) is 0 Å². The Bertz CT molecular complexity index is 44.1. The molecule has 0 fully saturated rings. The minimum absolute atomic E-state index is 0. The maximum Gasteiger partial charge on any atom is -0.412 e. The van der Waals surface area contributed by atoms with Crippen LogP contribution in [-0.2, 0) is 4.79 Å². The molecule has 6 heavy (non-hydrogen) atoms. The summed E-state index contributed by atoms with van der Waals surface area (Å²) in [5, 5.41) is 0. The Balaban J connectivity index is 0. The molecule has 0 unspecified atom stereocenters. The van der Waals surface area contributed by atoms with E-state index < -0.39 is 0 Å². The molecular formula is C3H7NaO2. The second kappa shape index (κ2) is 5.63. The maximum atomic E-state index is 9.87. The SMILES string of the molecule is CC[C](=O)[Na].O. The summed E-state index contributed by atoms with van der Waals surface area (Å²) in [5.74, 6) is 0. The third-order valence-corrected chi connectivity index (χ3v) is 1.20. The van der Waals surface area contributed by atoms with E-state index in [2.05, 4.69) is 0 Å². The van der Waals surface area contributed by atoms with E-state index in [4.69, 9.17) is 0 Å². The van der Waals surface area contributed by atoms with Crippen molar-refractivity contribution in [2.24, 2.45) is 0 Å². The van der Waals surface area contributed by atoms with Crippen LogP contribution in [0.3, 0.4) is 0 Å². The van der Waals surface area contributed by atoms with Gasteiger partial charge in [-0.25, -0.2) is 0 Å². The van der Waals surface area contributed by atoms with E-state index in [1.165, 1.54) is 0 Å². The second-order valence-corrected chi connectivity index (χ2v) is 2.17. The number of carbonyl (C=O) groups excluding carboxylic acids is 1. The normalized spacial score (nSPS) is 6.50. The molecule has 0 bridgehead atoms. The van der Waals surface area contributed by atoms with Crippen molar-refractivity contribution >= 4 is 31.0 Å². The minimum Gasteiger partial charge on any atom is -0.412 e. The van der Waals surface area contributed by atoms with Crippen molar-refractivity contribution < 1.29 is 10.3 Å². The monoisotopic (exact) mass is 98.0 g/mol. The smallest absolute Gasteiger partial charge is 0.412 e. The van der Waals surface area contributed by atoms with Crippen LogP contribution in [0.25, 0.3) is 0 Å². The van der Waals surface area contributed by atoms with Crippen molar-refractivity contribution in [3.63, 3.8) is 0 Å². The fourth-order valence-corrected chi connectivity index (χ4v) is 0. The van der Waals surface area contributed by atoms with Gasteiger partial charge in [0.1, 0.15) is 0 Å². The predicted octanol–water partition coefficient (Wildman–Crippen LogP) is -0.733. The molecule has 0 aromatic rings. The molecule has 0 aliphatic heterocycles. The molecule has 0 atom stereocenters. The molecule has 2 nitrogen and oxygen atoms in total. The summed E-state index contributed by atoms with van der Waals surface area (Å²) in [6.45, 7) is 1.88. The zero-order chi connectivity index (χ0) is 4.28. The Morgan fingerprint density at radius 3 is 2.00 bits per heavy atom. The molecule has 0 aliphatic carbocycles. The van der Waals surface area contributed by atoms with E-state index in [1.54, 1.807) is 0 Å². The van der Waals surface area contributed by atoms with Crippen LogP contribution in [0.4, 0.5) is 0 Å². The molecule has 2 N–H and O–H groups in total. The molecule has 0 spiro atoms. The van der Waals surface area contributed by atoms with Gasteiger partial charge in [0, 0.05) is 0 Å². The molecule has 0 rings (SSSR count). The van der Waals surface area contributed by atoms with E-state index in [-0.39, 0.29) is 5.48 Å². The zero-order valence-electron chi connectivity index (χ0n) is 4.12. The molecule has 0 aliphatic rings. The Kier molecular flexibility index (Phi) is 9.20. The van der Waals surface area contributed by atoms with Gasteiger partial charge >= 0.3 is 49.1 Å². The molecule has 0 heterocycles. The molecule has 0 saturated heterocycles. The van der Waals surface area contributed by atoms with Gasteiger partial charge in [0.2, 0.25) is 0 Å². The first-order valence-electron chi connectivity index (χ1n) is 1.76. The van der Waals surface area contributed by atoms with E-state index in [0.29, 0.717) is 3.03 Å². The number of hydrogen-bond acceptors (Lipinski definition) is 1. The molecule has 0 aromatic heterocycles. The number of carbonyl (C=O) groups is 1. The molecule has 0 amide bonds. The largest absolute Gasteiger partial charge is 0.412 e. The maximum absolute atomic E-state index is 9.87. The number of hydrogen-bond donors (Lipinski definition) is 0. The minimum atomic E-state index is 0. The third kappa shape index (κ3) is 8.82.